The highest BCUT2D eigenvalue weighted by atomic mass is 16.5. The molecule has 1 aromatic rings. The fraction of sp³-hybridized carbons (Fsp3) is 0.444. The van der Waals surface area contributed by atoms with Crippen molar-refractivity contribution in [3.8, 4) is 5.75 Å². The summed E-state index contributed by atoms with van der Waals surface area (Å²) >= 11 is 0. The summed E-state index contributed by atoms with van der Waals surface area (Å²) in [6, 6.07) is 7.29. The molecule has 0 unspecified atom stereocenters. The van der Waals surface area contributed by atoms with Crippen molar-refractivity contribution < 1.29 is 14.3 Å². The van der Waals surface area contributed by atoms with E-state index in [4.69, 9.17) is 4.74 Å². The molecule has 2 fully saturated rings. The molecule has 4 rings (SSSR count). The normalized spacial score (nSPS) is 35.4. The van der Waals surface area contributed by atoms with Gasteiger partial charge in [0, 0.05) is 0 Å². The van der Waals surface area contributed by atoms with Gasteiger partial charge in [-0.05, 0) is 44.2 Å². The highest BCUT2D eigenvalue weighted by molar-refractivity contribution is 6.25. The van der Waals surface area contributed by atoms with E-state index in [0.29, 0.717) is 18.0 Å². The zero-order valence-corrected chi connectivity index (χ0v) is 12.8. The number of nitrogens with zero attached hydrogens (tertiary/aromatic N) is 1. The van der Waals surface area contributed by atoms with E-state index in [1.165, 1.54) is 4.90 Å². The molecular weight excluding hydrogens is 278 g/mol. The summed E-state index contributed by atoms with van der Waals surface area (Å²) in [7, 11) is 0. The maximum absolute atomic E-state index is 13.1. The third kappa shape index (κ3) is 1.47. The van der Waals surface area contributed by atoms with Gasteiger partial charge in [-0.15, -0.1) is 0 Å². The first-order chi connectivity index (χ1) is 10.6. The van der Waals surface area contributed by atoms with E-state index >= 15 is 0 Å². The molecule has 3 aliphatic rings. The van der Waals surface area contributed by atoms with Crippen molar-refractivity contribution in [2.45, 2.75) is 20.3 Å². The Hall–Kier alpha value is -2.10. The number of carbonyl (C=O) groups excluding carboxylic acids is 2. The minimum atomic E-state index is -0.587. The van der Waals surface area contributed by atoms with Gasteiger partial charge in [0.1, 0.15) is 5.75 Å². The fourth-order valence-electron chi connectivity index (χ4n) is 4.45. The second-order valence-corrected chi connectivity index (χ2v) is 6.53. The topological polar surface area (TPSA) is 46.6 Å². The summed E-state index contributed by atoms with van der Waals surface area (Å²) in [6.45, 7) is 4.35. The van der Waals surface area contributed by atoms with Gasteiger partial charge >= 0.3 is 0 Å². The van der Waals surface area contributed by atoms with Crippen LogP contribution in [-0.4, -0.2) is 18.4 Å². The van der Waals surface area contributed by atoms with Gasteiger partial charge in [0.2, 0.25) is 11.8 Å². The Labute approximate surface area is 129 Å². The van der Waals surface area contributed by atoms with Crippen LogP contribution in [0.25, 0.3) is 0 Å². The van der Waals surface area contributed by atoms with Crippen LogP contribution in [0.3, 0.4) is 0 Å². The van der Waals surface area contributed by atoms with Crippen molar-refractivity contribution in [3.05, 3.63) is 36.4 Å². The van der Waals surface area contributed by atoms with Crippen LogP contribution in [0.1, 0.15) is 20.3 Å². The van der Waals surface area contributed by atoms with Gasteiger partial charge in [-0.25, -0.2) is 4.90 Å². The van der Waals surface area contributed by atoms with Gasteiger partial charge in [0.25, 0.3) is 0 Å². The molecule has 2 bridgehead atoms. The molecule has 0 aromatic heterocycles. The average molecular weight is 297 g/mol. The van der Waals surface area contributed by atoms with Gasteiger partial charge in [-0.1, -0.05) is 24.3 Å². The lowest BCUT2D eigenvalue weighted by Crippen LogP contribution is -2.37. The minimum Gasteiger partial charge on any atom is -0.492 e. The Balaban J connectivity index is 1.80. The third-order valence-corrected chi connectivity index (χ3v) is 5.52. The number of carbonyl (C=O) groups is 2. The quantitative estimate of drug-likeness (QED) is 0.636. The first kappa shape index (κ1) is 13.6. The molecule has 22 heavy (non-hydrogen) atoms. The van der Waals surface area contributed by atoms with Gasteiger partial charge in [0.05, 0.1) is 23.6 Å². The Kier molecular flexibility index (Phi) is 2.74. The maximum atomic E-state index is 13.1. The van der Waals surface area contributed by atoms with Crippen molar-refractivity contribution in [2.24, 2.45) is 23.2 Å². The summed E-state index contributed by atoms with van der Waals surface area (Å²) in [5, 5.41) is 0. The van der Waals surface area contributed by atoms with Crippen molar-refractivity contribution >= 4 is 17.5 Å². The lowest BCUT2D eigenvalue weighted by Gasteiger charge is -2.28. The molecule has 1 aliphatic heterocycles. The van der Waals surface area contributed by atoms with Crippen LogP contribution in [0.15, 0.2) is 36.4 Å². The molecule has 0 radical (unpaired) electrons. The molecular formula is C18H19NO3. The SMILES string of the molecule is CCOc1ccccc1N1C(=O)[C@@H]2[C@@H]3C=C[C@H](C3)[C@]2(C)C1=O. The number of fused-ring (bicyclic) bond motifs is 5. The number of benzene rings is 1. The van der Waals surface area contributed by atoms with Gasteiger partial charge < -0.3 is 4.74 Å². The number of para-hydroxylation sites is 2. The highest BCUT2D eigenvalue weighted by Crippen LogP contribution is 2.61. The molecule has 0 N–H and O–H groups in total. The number of rotatable bonds is 3. The summed E-state index contributed by atoms with van der Waals surface area (Å²) < 4.78 is 5.61. The summed E-state index contributed by atoms with van der Waals surface area (Å²) in [5.74, 6) is 0.613. The van der Waals surface area contributed by atoms with Crippen molar-refractivity contribution in [1.82, 2.24) is 0 Å². The van der Waals surface area contributed by atoms with Crippen LogP contribution in [-0.2, 0) is 9.59 Å². The Morgan fingerprint density at radius 3 is 2.77 bits per heavy atom. The van der Waals surface area contributed by atoms with E-state index in [2.05, 4.69) is 12.2 Å². The van der Waals surface area contributed by atoms with Gasteiger partial charge in [-0.2, -0.15) is 0 Å². The Morgan fingerprint density at radius 2 is 2.05 bits per heavy atom. The van der Waals surface area contributed by atoms with Crippen molar-refractivity contribution in [1.29, 1.82) is 0 Å². The number of amides is 2. The minimum absolute atomic E-state index is 0.0727. The van der Waals surface area contributed by atoms with E-state index in [-0.39, 0.29) is 29.6 Å². The molecule has 2 amide bonds. The van der Waals surface area contributed by atoms with Crippen LogP contribution in [0, 0.1) is 23.2 Å². The molecule has 4 nitrogen and oxygen atoms in total. The van der Waals surface area contributed by atoms with Gasteiger partial charge in [-0.3, -0.25) is 9.59 Å². The molecule has 1 aromatic carbocycles. The lowest BCUT2D eigenvalue weighted by molar-refractivity contribution is -0.127. The lowest BCUT2D eigenvalue weighted by atomic mass is 9.71. The predicted octanol–water partition coefficient (Wildman–Crippen LogP) is 2.79. The number of allylic oxidation sites excluding steroid dienone is 2. The Bertz CT molecular complexity index is 695. The van der Waals surface area contributed by atoms with Crippen LogP contribution in [0.4, 0.5) is 5.69 Å². The zero-order valence-electron chi connectivity index (χ0n) is 12.8. The van der Waals surface area contributed by atoms with E-state index in [0.717, 1.165) is 6.42 Å². The molecule has 4 atom stereocenters. The fourth-order valence-corrected chi connectivity index (χ4v) is 4.45. The van der Waals surface area contributed by atoms with Crippen LogP contribution in [0.5, 0.6) is 5.75 Å². The van der Waals surface area contributed by atoms with Gasteiger partial charge in [0.15, 0.2) is 0 Å². The number of hydrogen-bond donors (Lipinski definition) is 0. The van der Waals surface area contributed by atoms with Crippen LogP contribution >= 0.6 is 0 Å². The second-order valence-electron chi connectivity index (χ2n) is 6.53. The monoisotopic (exact) mass is 297 g/mol. The van der Waals surface area contributed by atoms with E-state index < -0.39 is 5.41 Å². The zero-order chi connectivity index (χ0) is 15.5. The summed E-state index contributed by atoms with van der Waals surface area (Å²) in [6.07, 6.45) is 5.16. The summed E-state index contributed by atoms with van der Waals surface area (Å²) in [5.41, 5.74) is -0.00935. The highest BCUT2D eigenvalue weighted by Gasteiger charge is 2.67. The molecule has 1 saturated heterocycles. The third-order valence-electron chi connectivity index (χ3n) is 5.52. The largest absolute Gasteiger partial charge is 0.492 e. The molecule has 4 heteroatoms. The van der Waals surface area contributed by atoms with Crippen LogP contribution < -0.4 is 9.64 Å². The average Bonchev–Trinajstić information content (AvgIpc) is 3.13. The molecule has 1 heterocycles. The molecule has 1 saturated carbocycles. The number of imide groups is 1. The predicted molar refractivity (Wildman–Crippen MR) is 82.4 cm³/mol. The standard InChI is InChI=1S/C18H19NO3/c1-3-22-14-7-5-4-6-13(14)19-16(20)15-11-8-9-12(10-11)18(15,2)17(19)21/h4-9,11-12,15H,3,10H2,1-2H3/t11-,12-,15+,18+/m1/s1. The molecule has 0 spiro atoms. The smallest absolute Gasteiger partial charge is 0.241 e. The van der Waals surface area contributed by atoms with Crippen molar-refractivity contribution in [3.63, 3.8) is 0 Å². The Morgan fingerprint density at radius 1 is 1.27 bits per heavy atom. The first-order valence-corrected chi connectivity index (χ1v) is 7.87. The number of anilines is 1. The maximum Gasteiger partial charge on any atom is 0.241 e. The van der Waals surface area contributed by atoms with Crippen LogP contribution in [0.2, 0.25) is 0 Å². The number of ether oxygens (including phenoxy) is 1. The summed E-state index contributed by atoms with van der Waals surface area (Å²) in [4.78, 5) is 27.4. The second kappa shape index (κ2) is 4.45. The number of hydrogen-bond acceptors (Lipinski definition) is 3. The van der Waals surface area contributed by atoms with E-state index in [1.807, 2.05) is 32.0 Å². The van der Waals surface area contributed by atoms with Crippen molar-refractivity contribution in [2.75, 3.05) is 11.5 Å². The first-order valence-electron chi connectivity index (χ1n) is 7.87. The van der Waals surface area contributed by atoms with E-state index in [9.17, 15) is 9.59 Å². The molecule has 2 aliphatic carbocycles. The van der Waals surface area contributed by atoms with E-state index in [1.54, 1.807) is 6.07 Å². The molecule has 114 valence electrons.